The maximum atomic E-state index is 5.53. The van der Waals surface area contributed by atoms with Gasteiger partial charge in [-0.25, -0.2) is 4.98 Å². The van der Waals surface area contributed by atoms with Gasteiger partial charge in [0.05, 0.1) is 6.61 Å². The van der Waals surface area contributed by atoms with Gasteiger partial charge >= 0.3 is 0 Å². The van der Waals surface area contributed by atoms with E-state index in [1.807, 2.05) is 13.0 Å². The minimum atomic E-state index is 0.425. The Hall–Kier alpha value is -1.36. The molecule has 0 amide bonds. The number of rotatable bonds is 7. The first-order valence-electron chi connectivity index (χ1n) is 6.41. The van der Waals surface area contributed by atoms with Crippen LogP contribution in [-0.4, -0.2) is 48.2 Å². The van der Waals surface area contributed by atoms with Crippen LogP contribution >= 0.6 is 0 Å². The first kappa shape index (κ1) is 14.7. The normalized spacial score (nSPS) is 12.6. The van der Waals surface area contributed by atoms with Crippen molar-refractivity contribution in [1.82, 2.24) is 14.9 Å². The Morgan fingerprint density at radius 3 is 2.72 bits per heavy atom. The van der Waals surface area contributed by atoms with E-state index in [1.54, 1.807) is 0 Å². The Kier molecular flexibility index (Phi) is 5.85. The second kappa shape index (κ2) is 7.16. The van der Waals surface area contributed by atoms with Crippen LogP contribution in [0.3, 0.4) is 0 Å². The second-order valence-electron chi connectivity index (χ2n) is 4.71. The van der Waals surface area contributed by atoms with E-state index in [-0.39, 0.29) is 0 Å². The molecular weight excluding hydrogens is 228 g/mol. The summed E-state index contributed by atoms with van der Waals surface area (Å²) in [5, 5.41) is 3.24. The van der Waals surface area contributed by atoms with Crippen molar-refractivity contribution < 1.29 is 4.74 Å². The fourth-order valence-corrected chi connectivity index (χ4v) is 1.32. The molecule has 0 aliphatic carbocycles. The molecule has 5 nitrogen and oxygen atoms in total. The van der Waals surface area contributed by atoms with Crippen molar-refractivity contribution in [1.29, 1.82) is 0 Å². The van der Waals surface area contributed by atoms with Gasteiger partial charge in [0.25, 0.3) is 0 Å². The molecule has 18 heavy (non-hydrogen) atoms. The molecule has 0 bridgehead atoms. The van der Waals surface area contributed by atoms with E-state index in [0.29, 0.717) is 24.5 Å². The Balaban J connectivity index is 2.62. The van der Waals surface area contributed by atoms with Crippen LogP contribution in [-0.2, 0) is 0 Å². The molecule has 1 N–H and O–H groups in total. The summed E-state index contributed by atoms with van der Waals surface area (Å²) in [7, 11) is 4.11. The predicted molar refractivity (Wildman–Crippen MR) is 74.2 cm³/mol. The highest BCUT2D eigenvalue weighted by Gasteiger charge is 2.07. The molecule has 1 atom stereocenters. The average Bonchev–Trinajstić information content (AvgIpc) is 2.32. The molecule has 0 fully saturated rings. The van der Waals surface area contributed by atoms with Gasteiger partial charge in [0.15, 0.2) is 0 Å². The van der Waals surface area contributed by atoms with Gasteiger partial charge in [-0.1, -0.05) is 6.92 Å². The monoisotopic (exact) mass is 252 g/mol. The maximum Gasteiger partial charge on any atom is 0.226 e. The van der Waals surface area contributed by atoms with E-state index in [9.17, 15) is 0 Å². The van der Waals surface area contributed by atoms with Gasteiger partial charge in [-0.05, 0) is 34.4 Å². The average molecular weight is 252 g/mol. The zero-order chi connectivity index (χ0) is 13.5. The minimum Gasteiger partial charge on any atom is -0.478 e. The van der Waals surface area contributed by atoms with Crippen LogP contribution in [0.1, 0.15) is 26.0 Å². The lowest BCUT2D eigenvalue weighted by Crippen LogP contribution is -2.31. The number of hydrogen-bond acceptors (Lipinski definition) is 5. The topological polar surface area (TPSA) is 50.3 Å². The second-order valence-corrected chi connectivity index (χ2v) is 4.71. The van der Waals surface area contributed by atoms with Gasteiger partial charge in [0.2, 0.25) is 11.8 Å². The van der Waals surface area contributed by atoms with E-state index in [2.05, 4.69) is 48.1 Å². The van der Waals surface area contributed by atoms with Crippen molar-refractivity contribution in [2.45, 2.75) is 33.2 Å². The number of nitrogens with zero attached hydrogens (tertiary/aromatic N) is 3. The molecule has 0 saturated carbocycles. The molecule has 1 unspecified atom stereocenters. The lowest BCUT2D eigenvalue weighted by atomic mass is 10.3. The van der Waals surface area contributed by atoms with E-state index in [0.717, 1.165) is 18.7 Å². The first-order valence-corrected chi connectivity index (χ1v) is 6.41. The van der Waals surface area contributed by atoms with Crippen LogP contribution in [0.5, 0.6) is 5.88 Å². The van der Waals surface area contributed by atoms with Crippen molar-refractivity contribution in [3.8, 4) is 5.88 Å². The quantitative estimate of drug-likeness (QED) is 0.803. The molecule has 1 aromatic rings. The third kappa shape index (κ3) is 4.87. The van der Waals surface area contributed by atoms with Gasteiger partial charge in [0, 0.05) is 24.3 Å². The Labute approximate surface area is 110 Å². The maximum absolute atomic E-state index is 5.53. The smallest absolute Gasteiger partial charge is 0.226 e. The number of aromatic nitrogens is 2. The van der Waals surface area contributed by atoms with Crippen LogP contribution in [0.25, 0.3) is 0 Å². The molecule has 0 saturated heterocycles. The fraction of sp³-hybridized carbons (Fsp3) is 0.692. The minimum absolute atomic E-state index is 0.425. The Bertz CT molecular complexity index is 368. The van der Waals surface area contributed by atoms with Gasteiger partial charge < -0.3 is 15.0 Å². The Morgan fingerprint density at radius 2 is 2.11 bits per heavy atom. The molecule has 0 aliphatic rings. The molecule has 5 heteroatoms. The van der Waals surface area contributed by atoms with Crippen LogP contribution in [0, 0.1) is 6.92 Å². The fourth-order valence-electron chi connectivity index (χ4n) is 1.32. The summed E-state index contributed by atoms with van der Waals surface area (Å²) in [5.74, 6) is 1.28. The van der Waals surface area contributed by atoms with Crippen molar-refractivity contribution in [2.24, 2.45) is 0 Å². The summed E-state index contributed by atoms with van der Waals surface area (Å²) >= 11 is 0. The molecule has 0 radical (unpaired) electrons. The van der Waals surface area contributed by atoms with Gasteiger partial charge in [-0.15, -0.1) is 0 Å². The number of hydrogen-bond donors (Lipinski definition) is 1. The summed E-state index contributed by atoms with van der Waals surface area (Å²) in [5.41, 5.74) is 0.913. The zero-order valence-corrected chi connectivity index (χ0v) is 12.0. The standard InChI is InChI=1S/C13H24N4O/c1-6-7-18-12-8-10(2)15-13(16-12)14-9-11(3)17(4)5/h8,11H,6-7,9H2,1-5H3,(H,14,15,16). The van der Waals surface area contributed by atoms with E-state index < -0.39 is 0 Å². The SMILES string of the molecule is CCCOc1cc(C)nc(NCC(C)N(C)C)n1. The summed E-state index contributed by atoms with van der Waals surface area (Å²) in [6.45, 7) is 7.66. The summed E-state index contributed by atoms with van der Waals surface area (Å²) in [6.07, 6.45) is 0.976. The number of ether oxygens (including phenoxy) is 1. The highest BCUT2D eigenvalue weighted by Crippen LogP contribution is 2.12. The van der Waals surface area contributed by atoms with Gasteiger partial charge in [-0.3, -0.25) is 0 Å². The summed E-state index contributed by atoms with van der Waals surface area (Å²) in [4.78, 5) is 10.8. The van der Waals surface area contributed by atoms with E-state index in [1.165, 1.54) is 0 Å². The van der Waals surface area contributed by atoms with Crippen molar-refractivity contribution >= 4 is 5.95 Å². The summed E-state index contributed by atoms with van der Waals surface area (Å²) < 4.78 is 5.53. The predicted octanol–water partition coefficient (Wildman–Crippen LogP) is 1.94. The largest absolute Gasteiger partial charge is 0.478 e. The molecule has 102 valence electrons. The van der Waals surface area contributed by atoms with Crippen LogP contribution in [0.15, 0.2) is 6.07 Å². The zero-order valence-electron chi connectivity index (χ0n) is 12.0. The molecule has 0 aromatic carbocycles. The highest BCUT2D eigenvalue weighted by atomic mass is 16.5. The lowest BCUT2D eigenvalue weighted by molar-refractivity contribution is 0.304. The number of anilines is 1. The van der Waals surface area contributed by atoms with Crippen molar-refractivity contribution in [3.05, 3.63) is 11.8 Å². The van der Waals surface area contributed by atoms with Crippen LogP contribution < -0.4 is 10.1 Å². The third-order valence-electron chi connectivity index (χ3n) is 2.72. The Morgan fingerprint density at radius 1 is 1.39 bits per heavy atom. The van der Waals surface area contributed by atoms with E-state index in [4.69, 9.17) is 4.74 Å². The molecule has 0 aliphatic heterocycles. The van der Waals surface area contributed by atoms with Crippen molar-refractivity contribution in [3.63, 3.8) is 0 Å². The van der Waals surface area contributed by atoms with Gasteiger partial charge in [0.1, 0.15) is 0 Å². The number of nitrogens with one attached hydrogen (secondary N) is 1. The van der Waals surface area contributed by atoms with Crippen LogP contribution in [0.4, 0.5) is 5.95 Å². The molecule has 0 spiro atoms. The third-order valence-corrected chi connectivity index (χ3v) is 2.72. The first-order chi connectivity index (χ1) is 8.52. The number of likely N-dealkylation sites (N-methyl/N-ethyl adjacent to an activating group) is 1. The summed E-state index contributed by atoms with van der Waals surface area (Å²) in [6, 6.07) is 2.28. The van der Waals surface area contributed by atoms with Gasteiger partial charge in [-0.2, -0.15) is 4.98 Å². The number of aryl methyl sites for hydroxylation is 1. The molecule has 1 heterocycles. The lowest BCUT2D eigenvalue weighted by Gasteiger charge is -2.20. The van der Waals surface area contributed by atoms with Crippen LogP contribution in [0.2, 0.25) is 0 Å². The molecule has 1 aromatic heterocycles. The van der Waals surface area contributed by atoms with E-state index >= 15 is 0 Å². The molecule has 1 rings (SSSR count). The molecular formula is C13H24N4O. The van der Waals surface area contributed by atoms with Crippen molar-refractivity contribution in [2.75, 3.05) is 32.6 Å². The highest BCUT2D eigenvalue weighted by molar-refractivity contribution is 5.30.